The summed E-state index contributed by atoms with van der Waals surface area (Å²) in [7, 11) is 4.22. The minimum Gasteiger partial charge on any atom is -0.494 e. The molecule has 0 aliphatic carbocycles. The first-order valence-electron chi connectivity index (χ1n) is 11.0. The van der Waals surface area contributed by atoms with Gasteiger partial charge in [-0.05, 0) is 115 Å². The van der Waals surface area contributed by atoms with Crippen molar-refractivity contribution in [2.24, 2.45) is 0 Å². The van der Waals surface area contributed by atoms with Crippen LogP contribution in [-0.2, 0) is 0 Å². The number of rotatable bonds is 10. The highest BCUT2D eigenvalue weighted by Crippen LogP contribution is 2.35. The van der Waals surface area contributed by atoms with E-state index >= 15 is 0 Å². The zero-order valence-corrected chi connectivity index (χ0v) is 20.9. The van der Waals surface area contributed by atoms with Crippen molar-refractivity contribution in [2.45, 2.75) is 26.2 Å². The number of halogens is 1. The highest BCUT2D eigenvalue weighted by molar-refractivity contribution is 14.1. The van der Waals surface area contributed by atoms with Crippen LogP contribution in [0.5, 0.6) is 5.75 Å². The Morgan fingerprint density at radius 2 is 1.39 bits per heavy atom. The summed E-state index contributed by atoms with van der Waals surface area (Å²) in [5, 5.41) is 0. The maximum Gasteiger partial charge on any atom is 0.119 e. The predicted octanol–water partition coefficient (Wildman–Crippen LogP) is 7.38. The second kappa shape index (κ2) is 12.1. The van der Waals surface area contributed by atoms with Crippen LogP contribution in [0.1, 0.15) is 42.9 Å². The molecule has 0 atom stereocenters. The Bertz CT molecular complexity index is 960. The van der Waals surface area contributed by atoms with E-state index in [1.807, 2.05) is 0 Å². The van der Waals surface area contributed by atoms with Gasteiger partial charge < -0.3 is 9.64 Å². The summed E-state index contributed by atoms with van der Waals surface area (Å²) in [6.45, 7) is 4.10. The topological polar surface area (TPSA) is 12.5 Å². The lowest BCUT2D eigenvalue weighted by Gasteiger charge is -2.17. The molecule has 0 radical (unpaired) electrons. The molecule has 0 fully saturated rings. The molecule has 0 amide bonds. The molecule has 0 N–H and O–H groups in total. The van der Waals surface area contributed by atoms with E-state index in [2.05, 4.69) is 127 Å². The summed E-state index contributed by atoms with van der Waals surface area (Å²) < 4.78 is 7.23. The molecule has 31 heavy (non-hydrogen) atoms. The average molecular weight is 525 g/mol. The van der Waals surface area contributed by atoms with Crippen LogP contribution in [0.3, 0.4) is 0 Å². The summed E-state index contributed by atoms with van der Waals surface area (Å²) in [6, 6.07) is 28.1. The molecule has 3 heteroatoms. The van der Waals surface area contributed by atoms with Crippen molar-refractivity contribution in [1.82, 2.24) is 4.90 Å². The summed E-state index contributed by atoms with van der Waals surface area (Å²) in [4.78, 5) is 2.21. The van der Waals surface area contributed by atoms with Gasteiger partial charge in [0.05, 0.1) is 6.61 Å². The van der Waals surface area contributed by atoms with Gasteiger partial charge in [-0.1, -0.05) is 61.5 Å². The van der Waals surface area contributed by atoms with E-state index in [4.69, 9.17) is 4.74 Å². The van der Waals surface area contributed by atoms with E-state index in [1.54, 1.807) is 0 Å². The van der Waals surface area contributed by atoms with Gasteiger partial charge in [0.25, 0.3) is 0 Å². The summed E-state index contributed by atoms with van der Waals surface area (Å²) in [6.07, 6.45) is 3.19. The van der Waals surface area contributed by atoms with Gasteiger partial charge in [-0.3, -0.25) is 0 Å². The molecule has 3 aromatic carbocycles. The number of unbranched alkanes of at least 4 members (excludes halogenated alkanes) is 1. The van der Waals surface area contributed by atoms with Gasteiger partial charge in [0.1, 0.15) is 5.75 Å². The maximum atomic E-state index is 5.98. The molecular weight excluding hydrogens is 493 g/mol. The van der Waals surface area contributed by atoms with Crippen LogP contribution >= 0.6 is 22.6 Å². The fourth-order valence-corrected chi connectivity index (χ4v) is 4.09. The Labute approximate surface area is 201 Å². The van der Waals surface area contributed by atoms with Gasteiger partial charge >= 0.3 is 0 Å². The van der Waals surface area contributed by atoms with E-state index in [0.717, 1.165) is 38.2 Å². The average Bonchev–Trinajstić information content (AvgIpc) is 2.79. The minimum absolute atomic E-state index is 0.761. The molecule has 0 spiro atoms. The fraction of sp³-hybridized carbons (Fsp3) is 0.286. The van der Waals surface area contributed by atoms with Gasteiger partial charge in [0.15, 0.2) is 0 Å². The van der Waals surface area contributed by atoms with Crippen molar-refractivity contribution in [1.29, 1.82) is 0 Å². The first kappa shape index (κ1) is 23.6. The van der Waals surface area contributed by atoms with Gasteiger partial charge in [-0.15, -0.1) is 0 Å². The molecule has 0 bridgehead atoms. The summed E-state index contributed by atoms with van der Waals surface area (Å²) in [5.74, 6) is 0.938. The number of nitrogens with zero attached hydrogens (tertiary/aromatic N) is 1. The largest absolute Gasteiger partial charge is 0.494 e. The monoisotopic (exact) mass is 525 g/mol. The number of allylic oxidation sites excluding steroid dienone is 1. The Morgan fingerprint density at radius 1 is 0.774 bits per heavy atom. The second-order valence-electron chi connectivity index (χ2n) is 7.96. The molecule has 0 saturated carbocycles. The van der Waals surface area contributed by atoms with E-state index < -0.39 is 0 Å². The Morgan fingerprint density at radius 3 is 1.97 bits per heavy atom. The van der Waals surface area contributed by atoms with E-state index in [0.29, 0.717) is 0 Å². The van der Waals surface area contributed by atoms with Crippen LogP contribution in [0.25, 0.3) is 11.1 Å². The van der Waals surface area contributed by atoms with Gasteiger partial charge in [-0.2, -0.15) is 0 Å². The smallest absolute Gasteiger partial charge is 0.119 e. The fourth-order valence-electron chi connectivity index (χ4n) is 3.73. The summed E-state index contributed by atoms with van der Waals surface area (Å²) in [5.41, 5.74) is 6.40. The first-order chi connectivity index (χ1) is 15.1. The van der Waals surface area contributed by atoms with Crippen molar-refractivity contribution in [3.63, 3.8) is 0 Å². The van der Waals surface area contributed by atoms with Crippen molar-refractivity contribution in [3.8, 4) is 5.75 Å². The zero-order valence-electron chi connectivity index (χ0n) is 18.8. The zero-order chi connectivity index (χ0) is 22.1. The quantitative estimate of drug-likeness (QED) is 0.156. The van der Waals surface area contributed by atoms with Crippen molar-refractivity contribution in [2.75, 3.05) is 27.2 Å². The van der Waals surface area contributed by atoms with Crippen LogP contribution in [0, 0.1) is 3.57 Å². The molecule has 0 saturated heterocycles. The number of hydrogen-bond donors (Lipinski definition) is 0. The molecule has 3 rings (SSSR count). The third-order valence-corrected chi connectivity index (χ3v) is 6.04. The van der Waals surface area contributed by atoms with Crippen LogP contribution < -0.4 is 4.74 Å². The standard InChI is InChI=1S/C28H32INO/c1-4-27(22-10-6-5-7-11-22)28(23-12-16-25(29)17-13-23)24-14-18-26(19-15-24)31-21-9-8-20-30(2)3/h5-7,10-19H,4,8-9,20-21H2,1-3H3/b28-27+. The Kier molecular flexibility index (Phi) is 9.16. The normalized spacial score (nSPS) is 12.0. The third kappa shape index (κ3) is 6.94. The predicted molar refractivity (Wildman–Crippen MR) is 142 cm³/mol. The van der Waals surface area contributed by atoms with Crippen LogP contribution in [0.2, 0.25) is 0 Å². The first-order valence-corrected chi connectivity index (χ1v) is 12.1. The maximum absolute atomic E-state index is 5.98. The lowest BCUT2D eigenvalue weighted by Crippen LogP contribution is -2.13. The molecule has 2 nitrogen and oxygen atoms in total. The Hall–Kier alpha value is -2.11. The van der Waals surface area contributed by atoms with Gasteiger partial charge in [0, 0.05) is 3.57 Å². The van der Waals surface area contributed by atoms with Gasteiger partial charge in [-0.25, -0.2) is 0 Å². The van der Waals surface area contributed by atoms with Crippen LogP contribution in [0.15, 0.2) is 78.9 Å². The molecule has 162 valence electrons. The lowest BCUT2D eigenvalue weighted by molar-refractivity contribution is 0.293. The van der Waals surface area contributed by atoms with Crippen molar-refractivity contribution in [3.05, 3.63) is 99.1 Å². The van der Waals surface area contributed by atoms with Crippen molar-refractivity contribution < 1.29 is 4.74 Å². The Balaban J connectivity index is 1.88. The van der Waals surface area contributed by atoms with E-state index in [1.165, 1.54) is 31.4 Å². The molecule has 0 aliphatic heterocycles. The van der Waals surface area contributed by atoms with Crippen LogP contribution in [-0.4, -0.2) is 32.1 Å². The molecule has 0 aromatic heterocycles. The second-order valence-corrected chi connectivity index (χ2v) is 9.21. The third-order valence-electron chi connectivity index (χ3n) is 5.32. The van der Waals surface area contributed by atoms with Crippen molar-refractivity contribution >= 4 is 33.7 Å². The highest BCUT2D eigenvalue weighted by atomic mass is 127. The number of hydrogen-bond acceptors (Lipinski definition) is 2. The van der Waals surface area contributed by atoms with Crippen LogP contribution in [0.4, 0.5) is 0 Å². The van der Waals surface area contributed by atoms with E-state index in [9.17, 15) is 0 Å². The van der Waals surface area contributed by atoms with Gasteiger partial charge in [0.2, 0.25) is 0 Å². The number of ether oxygens (including phenoxy) is 1. The molecule has 3 aromatic rings. The highest BCUT2D eigenvalue weighted by Gasteiger charge is 2.13. The number of benzene rings is 3. The molecule has 0 unspecified atom stereocenters. The lowest BCUT2D eigenvalue weighted by atomic mass is 9.88. The molecule has 0 aliphatic rings. The molecular formula is C28H32INO. The van der Waals surface area contributed by atoms with E-state index in [-0.39, 0.29) is 0 Å². The molecule has 0 heterocycles. The summed E-state index contributed by atoms with van der Waals surface area (Å²) >= 11 is 2.36. The SMILES string of the molecule is CC/C(=C(/c1ccc(I)cc1)c1ccc(OCCCCN(C)C)cc1)c1ccccc1. The minimum atomic E-state index is 0.761.